The largest absolute Gasteiger partial charge is 0.381 e. The molecule has 0 saturated carbocycles. The van der Waals surface area contributed by atoms with Gasteiger partial charge in [0.05, 0.1) is 0 Å². The number of hydrogen-bond acceptors (Lipinski definition) is 5. The Morgan fingerprint density at radius 2 is 1.70 bits per heavy atom. The number of aromatic nitrogens is 1. The molecule has 3 rings (SSSR count). The van der Waals surface area contributed by atoms with Crippen LogP contribution in [0.1, 0.15) is 11.3 Å². The van der Waals surface area contributed by atoms with Crippen LogP contribution in [0.2, 0.25) is 5.02 Å². The van der Waals surface area contributed by atoms with Crippen LogP contribution < -0.4 is 5.73 Å². The fraction of sp³-hybridized carbons (Fsp3) is 0.118. The number of nitrogens with two attached hydrogens (primary N) is 1. The molecule has 0 bridgehead atoms. The second-order valence-electron chi connectivity index (χ2n) is 4.94. The molecule has 0 radical (unpaired) electrons. The fourth-order valence-corrected chi connectivity index (χ4v) is 2.30. The summed E-state index contributed by atoms with van der Waals surface area (Å²) < 4.78 is 13.5. The number of aryl methyl sites for hydroxylation is 2. The molecule has 0 saturated heterocycles. The van der Waals surface area contributed by atoms with E-state index in [1.165, 1.54) is 0 Å². The molecule has 0 aliphatic rings. The number of halogens is 1. The number of hydrogen-bond donors (Lipinski definition) is 2. The zero-order valence-corrected chi connectivity index (χ0v) is 14.4. The molecule has 0 aliphatic heterocycles. The molecular formula is C17H17ClN2O2S. The first-order chi connectivity index (χ1) is 11.0. The SMILES string of the molecule is Cc1cc(N)no1.Cc1ccc(-c2ccc(SO)cc2)cc1Cl. The summed E-state index contributed by atoms with van der Waals surface area (Å²) in [6.45, 7) is 3.78. The quantitative estimate of drug-likeness (QED) is 0.603. The first-order valence-corrected chi connectivity index (χ1v) is 8.01. The Hall–Kier alpha value is -1.95. The number of nitrogens with zero attached hydrogens (tertiary/aromatic N) is 1. The van der Waals surface area contributed by atoms with E-state index in [0.29, 0.717) is 5.82 Å². The third kappa shape index (κ3) is 5.03. The van der Waals surface area contributed by atoms with Crippen LogP contribution in [0.25, 0.3) is 11.1 Å². The molecule has 0 fully saturated rings. The maximum absolute atomic E-state index is 8.88. The van der Waals surface area contributed by atoms with Crippen LogP contribution in [-0.4, -0.2) is 9.71 Å². The van der Waals surface area contributed by atoms with E-state index in [0.717, 1.165) is 44.4 Å². The lowest BCUT2D eigenvalue weighted by Crippen LogP contribution is -1.80. The minimum Gasteiger partial charge on any atom is -0.381 e. The summed E-state index contributed by atoms with van der Waals surface area (Å²) in [4.78, 5) is 0.835. The van der Waals surface area contributed by atoms with E-state index in [9.17, 15) is 0 Å². The Labute approximate surface area is 144 Å². The summed E-state index contributed by atoms with van der Waals surface area (Å²) in [7, 11) is 0. The van der Waals surface area contributed by atoms with E-state index in [1.54, 1.807) is 13.0 Å². The zero-order valence-electron chi connectivity index (χ0n) is 12.8. The third-order valence-corrected chi connectivity index (χ3v) is 4.00. The highest BCUT2D eigenvalue weighted by Crippen LogP contribution is 2.26. The van der Waals surface area contributed by atoms with Crippen molar-refractivity contribution >= 4 is 29.5 Å². The van der Waals surface area contributed by atoms with E-state index in [2.05, 4.69) is 9.68 Å². The van der Waals surface area contributed by atoms with Crippen molar-refractivity contribution in [3.8, 4) is 11.1 Å². The maximum atomic E-state index is 8.88. The van der Waals surface area contributed by atoms with Gasteiger partial charge in [-0.1, -0.05) is 41.0 Å². The van der Waals surface area contributed by atoms with Gasteiger partial charge in [0.25, 0.3) is 0 Å². The van der Waals surface area contributed by atoms with Gasteiger partial charge < -0.3 is 14.8 Å². The standard InChI is InChI=1S/C13H11ClOS.C4H6N2O/c1-9-2-3-11(8-13(9)14)10-4-6-12(16-15)7-5-10;1-3-2-4(5)6-7-3/h2-8,15H,1H3;2H,1H3,(H2,5,6). The number of benzene rings is 2. The van der Waals surface area contributed by atoms with Gasteiger partial charge in [0.2, 0.25) is 0 Å². The number of nitrogen functional groups attached to an aromatic ring is 1. The highest BCUT2D eigenvalue weighted by Gasteiger charge is 2.01. The second kappa shape index (κ2) is 8.06. The Bertz CT molecular complexity index is 756. The summed E-state index contributed by atoms with van der Waals surface area (Å²) in [6.07, 6.45) is 0. The number of anilines is 1. The molecule has 1 heterocycles. The van der Waals surface area contributed by atoms with Crippen LogP contribution in [0.5, 0.6) is 0 Å². The van der Waals surface area contributed by atoms with Gasteiger partial charge in [0.15, 0.2) is 5.82 Å². The molecule has 0 unspecified atom stereocenters. The maximum Gasteiger partial charge on any atom is 0.167 e. The van der Waals surface area contributed by atoms with Crippen LogP contribution >= 0.6 is 23.6 Å². The van der Waals surface area contributed by atoms with Crippen LogP contribution in [0, 0.1) is 13.8 Å². The topological polar surface area (TPSA) is 72.3 Å². The average molecular weight is 349 g/mol. The first-order valence-electron chi connectivity index (χ1n) is 6.86. The van der Waals surface area contributed by atoms with Crippen LogP contribution in [0.3, 0.4) is 0 Å². The van der Waals surface area contributed by atoms with E-state index in [4.69, 9.17) is 21.9 Å². The highest BCUT2D eigenvalue weighted by molar-refractivity contribution is 7.93. The van der Waals surface area contributed by atoms with Gasteiger partial charge in [0.1, 0.15) is 5.76 Å². The summed E-state index contributed by atoms with van der Waals surface area (Å²) >= 11 is 6.83. The predicted molar refractivity (Wildman–Crippen MR) is 95.8 cm³/mol. The van der Waals surface area contributed by atoms with E-state index >= 15 is 0 Å². The van der Waals surface area contributed by atoms with Crippen molar-refractivity contribution in [1.82, 2.24) is 5.16 Å². The predicted octanol–water partition coefficient (Wildman–Crippen LogP) is 5.45. The third-order valence-electron chi connectivity index (χ3n) is 3.11. The lowest BCUT2D eigenvalue weighted by molar-refractivity contribution is 0.400. The van der Waals surface area contributed by atoms with Gasteiger partial charge in [-0.25, -0.2) is 0 Å². The van der Waals surface area contributed by atoms with Gasteiger partial charge in [-0.3, -0.25) is 0 Å². The molecule has 3 aromatic rings. The Kier molecular flexibility index (Phi) is 6.10. The lowest BCUT2D eigenvalue weighted by atomic mass is 10.0. The molecule has 0 amide bonds. The number of rotatable bonds is 2. The molecule has 0 aliphatic carbocycles. The molecule has 120 valence electrons. The van der Waals surface area contributed by atoms with Crippen molar-refractivity contribution < 1.29 is 9.08 Å². The Morgan fingerprint density at radius 1 is 1.04 bits per heavy atom. The lowest BCUT2D eigenvalue weighted by Gasteiger charge is -2.04. The normalized spacial score (nSPS) is 10.1. The van der Waals surface area contributed by atoms with E-state index in [-0.39, 0.29) is 0 Å². The van der Waals surface area contributed by atoms with E-state index < -0.39 is 0 Å². The van der Waals surface area contributed by atoms with Crippen molar-refractivity contribution in [2.75, 3.05) is 5.73 Å². The smallest absolute Gasteiger partial charge is 0.167 e. The monoisotopic (exact) mass is 348 g/mol. The fourth-order valence-electron chi connectivity index (χ4n) is 1.87. The second-order valence-corrected chi connectivity index (χ2v) is 6.00. The van der Waals surface area contributed by atoms with Gasteiger partial charge in [-0.05, 0) is 48.7 Å². The molecule has 2 aromatic carbocycles. The van der Waals surface area contributed by atoms with Crippen LogP contribution in [-0.2, 0) is 0 Å². The van der Waals surface area contributed by atoms with Crippen LogP contribution in [0.15, 0.2) is 57.9 Å². The summed E-state index contributed by atoms with van der Waals surface area (Å²) in [5.41, 5.74) is 8.44. The molecule has 0 spiro atoms. The van der Waals surface area contributed by atoms with Gasteiger partial charge >= 0.3 is 0 Å². The molecule has 23 heavy (non-hydrogen) atoms. The molecular weight excluding hydrogens is 332 g/mol. The molecule has 6 heteroatoms. The van der Waals surface area contributed by atoms with Gasteiger partial charge in [0, 0.05) is 28.0 Å². The highest BCUT2D eigenvalue weighted by atomic mass is 35.5. The van der Waals surface area contributed by atoms with Gasteiger partial charge in [-0.15, -0.1) is 0 Å². The molecule has 1 aromatic heterocycles. The molecule has 4 nitrogen and oxygen atoms in total. The Morgan fingerprint density at radius 3 is 2.13 bits per heavy atom. The Balaban J connectivity index is 0.000000229. The summed E-state index contributed by atoms with van der Waals surface area (Å²) in [6, 6.07) is 15.4. The summed E-state index contributed by atoms with van der Waals surface area (Å²) in [5.74, 6) is 1.19. The first kappa shape index (κ1) is 17.4. The van der Waals surface area contributed by atoms with Crippen molar-refractivity contribution in [3.63, 3.8) is 0 Å². The zero-order chi connectivity index (χ0) is 16.8. The van der Waals surface area contributed by atoms with Gasteiger partial charge in [-0.2, -0.15) is 0 Å². The summed E-state index contributed by atoms with van der Waals surface area (Å²) in [5, 5.41) is 4.20. The van der Waals surface area contributed by atoms with Crippen molar-refractivity contribution in [1.29, 1.82) is 0 Å². The molecule has 0 atom stereocenters. The van der Waals surface area contributed by atoms with E-state index in [1.807, 2.05) is 49.4 Å². The minimum absolute atomic E-state index is 0.442. The van der Waals surface area contributed by atoms with Crippen molar-refractivity contribution in [2.24, 2.45) is 0 Å². The average Bonchev–Trinajstić information content (AvgIpc) is 2.94. The molecule has 3 N–H and O–H groups in total. The minimum atomic E-state index is 0.442. The van der Waals surface area contributed by atoms with Crippen molar-refractivity contribution in [2.45, 2.75) is 18.7 Å². The van der Waals surface area contributed by atoms with Crippen molar-refractivity contribution in [3.05, 3.63) is 64.9 Å². The van der Waals surface area contributed by atoms with Crippen LogP contribution in [0.4, 0.5) is 5.82 Å².